The fourth-order valence-electron chi connectivity index (χ4n) is 10.9. The van der Waals surface area contributed by atoms with Crippen molar-refractivity contribution in [3.8, 4) is 0 Å². The number of ether oxygens (including phenoxy) is 1. The van der Waals surface area contributed by atoms with Crippen LogP contribution in [0.25, 0.3) is 0 Å². The van der Waals surface area contributed by atoms with Crippen LogP contribution in [0.4, 0.5) is 5.69 Å². The molecule has 4 N–H and O–H groups in total. The molecule has 6 aliphatic rings. The highest BCUT2D eigenvalue weighted by atomic mass is 79.9. The molecule has 1 amide bonds. The van der Waals surface area contributed by atoms with Crippen LogP contribution < -0.4 is 5.32 Å². The van der Waals surface area contributed by atoms with Gasteiger partial charge in [0.2, 0.25) is 5.91 Å². The summed E-state index contributed by atoms with van der Waals surface area (Å²) in [6.45, 7) is 9.30. The van der Waals surface area contributed by atoms with Crippen molar-refractivity contribution in [2.45, 2.75) is 82.6 Å². The van der Waals surface area contributed by atoms with E-state index in [1.807, 2.05) is 25.1 Å². The molecule has 0 bridgehead atoms. The number of nitrogens with one attached hydrogen (secondary N) is 1. The number of nitrogens with zero attached hydrogens (tertiary/aromatic N) is 1. The fraction of sp³-hybridized carbons (Fsp3) is 0.688. The molecule has 5 fully saturated rings. The Kier molecular flexibility index (Phi) is 6.23. The molecule has 3 saturated heterocycles. The van der Waals surface area contributed by atoms with Gasteiger partial charge in [0.25, 0.3) is 0 Å². The number of aliphatic hydroxyl groups is 3. The van der Waals surface area contributed by atoms with Crippen LogP contribution >= 0.6 is 15.9 Å². The van der Waals surface area contributed by atoms with Crippen molar-refractivity contribution in [1.82, 2.24) is 4.90 Å². The van der Waals surface area contributed by atoms with E-state index in [0.717, 1.165) is 47.0 Å². The largest absolute Gasteiger partial charge is 0.462 e. The number of carbonyl (C=O) groups is 2. The molecule has 10 atom stereocenters. The molecule has 0 aromatic heterocycles. The first-order valence-electron chi connectivity index (χ1n) is 15.2. The molecule has 4 heterocycles. The average Bonchev–Trinajstić information content (AvgIpc) is 3.67. The van der Waals surface area contributed by atoms with Gasteiger partial charge < -0.3 is 25.4 Å². The number of aliphatic hydroxyl groups excluding tert-OH is 3. The summed E-state index contributed by atoms with van der Waals surface area (Å²) in [7, 11) is 0. The number of benzene rings is 1. The summed E-state index contributed by atoms with van der Waals surface area (Å²) in [5, 5.41) is 36.5. The Morgan fingerprint density at radius 2 is 1.95 bits per heavy atom. The van der Waals surface area contributed by atoms with Crippen molar-refractivity contribution < 1.29 is 29.6 Å². The summed E-state index contributed by atoms with van der Waals surface area (Å²) >= 11 is 3.65. The predicted molar refractivity (Wildman–Crippen MR) is 156 cm³/mol. The Morgan fingerprint density at radius 3 is 2.66 bits per heavy atom. The second-order valence-electron chi connectivity index (χ2n) is 14.1. The first-order chi connectivity index (χ1) is 19.5. The number of carbonyl (C=O) groups excluding carboxylic acids is 2. The third-order valence-corrected chi connectivity index (χ3v) is 13.4. The lowest BCUT2D eigenvalue weighted by atomic mass is 9.44. The minimum atomic E-state index is -1.24. The Hall–Kier alpha value is -1.78. The lowest BCUT2D eigenvalue weighted by molar-refractivity contribution is -0.161. The van der Waals surface area contributed by atoms with Crippen LogP contribution in [0, 0.1) is 34.0 Å². The number of hydrogen-bond donors (Lipinski definition) is 4. The maximum absolute atomic E-state index is 14.5. The summed E-state index contributed by atoms with van der Waals surface area (Å²) < 4.78 is 6.45. The van der Waals surface area contributed by atoms with E-state index < -0.39 is 40.5 Å². The number of esters is 1. The van der Waals surface area contributed by atoms with Crippen LogP contribution in [0.1, 0.15) is 64.4 Å². The zero-order valence-electron chi connectivity index (χ0n) is 23.9. The smallest absolute Gasteiger partial charge is 0.316 e. The molecule has 9 heteroatoms. The zero-order chi connectivity index (χ0) is 29.1. The molecule has 41 heavy (non-hydrogen) atoms. The van der Waals surface area contributed by atoms with Gasteiger partial charge in [-0.25, -0.2) is 0 Å². The van der Waals surface area contributed by atoms with Crippen LogP contribution in [0.5, 0.6) is 0 Å². The fourth-order valence-corrected chi connectivity index (χ4v) is 11.4. The third-order valence-electron chi connectivity index (χ3n) is 12.8. The van der Waals surface area contributed by atoms with Crippen molar-refractivity contribution in [3.63, 3.8) is 0 Å². The Balaban J connectivity index is 1.43. The lowest BCUT2D eigenvalue weighted by Crippen LogP contribution is -2.59. The molecule has 0 radical (unpaired) electrons. The standard InChI is InChI=1S/C32H41BrN2O6/c1-17-9-10-21-29(2,12-11-24(37)30(21,3)16-36)19(17)14-22-31(25(38)15-41-28(31)40)23-8-5-13-35(23)32(22)18-6-4-7-20(33)26(18)34-27(32)39/h4,6-7,19,21-25,36-38H,1,5,8-16H2,2-3H3,(H,34,39)/t19-,21+,22?,23?,24-,25-,29+,30+,31-,32+/m1/s1. The van der Waals surface area contributed by atoms with Crippen molar-refractivity contribution in [2.24, 2.45) is 34.0 Å². The molecule has 1 aromatic rings. The summed E-state index contributed by atoms with van der Waals surface area (Å²) in [5.41, 5.74) is -0.661. The van der Waals surface area contributed by atoms with E-state index in [1.165, 1.54) is 0 Å². The number of halogens is 1. The number of hydrogen-bond acceptors (Lipinski definition) is 7. The molecular formula is C32H41BrN2O6. The van der Waals surface area contributed by atoms with Gasteiger partial charge in [-0.2, -0.15) is 0 Å². The SMILES string of the molecule is C=C1CC[C@@H]2[C@](C)(CO)[C@H](O)CC[C@@]2(C)[C@@H]1CC1[C@@]2(C(=O)OC[C@H]2O)C2CCCN2[C@]12C(=O)Nc1c(Br)cccc12. The third kappa shape index (κ3) is 3.20. The van der Waals surface area contributed by atoms with E-state index in [2.05, 4.69) is 39.6 Å². The number of amides is 1. The van der Waals surface area contributed by atoms with Gasteiger partial charge in [0.05, 0.1) is 18.4 Å². The predicted octanol–water partition coefficient (Wildman–Crippen LogP) is 3.73. The molecule has 2 spiro atoms. The van der Waals surface area contributed by atoms with Crippen LogP contribution in [-0.4, -0.2) is 70.1 Å². The van der Waals surface area contributed by atoms with E-state index in [1.54, 1.807) is 0 Å². The van der Waals surface area contributed by atoms with Gasteiger partial charge in [0.15, 0.2) is 0 Å². The number of anilines is 1. The van der Waals surface area contributed by atoms with Gasteiger partial charge in [-0.05, 0) is 90.7 Å². The summed E-state index contributed by atoms with van der Waals surface area (Å²) in [5.74, 6) is -1.12. The van der Waals surface area contributed by atoms with E-state index in [9.17, 15) is 24.9 Å². The Morgan fingerprint density at radius 1 is 1.17 bits per heavy atom. The van der Waals surface area contributed by atoms with Crippen LogP contribution in [0.2, 0.25) is 0 Å². The Labute approximate surface area is 249 Å². The number of allylic oxidation sites excluding steroid dienone is 1. The van der Waals surface area contributed by atoms with E-state index >= 15 is 0 Å². The number of cyclic esters (lactones) is 1. The molecule has 2 saturated carbocycles. The first kappa shape index (κ1) is 28.0. The molecule has 7 rings (SSSR count). The highest BCUT2D eigenvalue weighted by Gasteiger charge is 2.79. The van der Waals surface area contributed by atoms with Crippen LogP contribution in [0.3, 0.4) is 0 Å². The lowest BCUT2D eigenvalue weighted by Gasteiger charge is -2.60. The minimum absolute atomic E-state index is 0.0478. The van der Waals surface area contributed by atoms with Gasteiger partial charge in [-0.1, -0.05) is 38.1 Å². The quantitative estimate of drug-likeness (QED) is 0.297. The van der Waals surface area contributed by atoms with Gasteiger partial charge in [-0.15, -0.1) is 0 Å². The summed E-state index contributed by atoms with van der Waals surface area (Å²) in [6.07, 6.45) is 3.34. The summed E-state index contributed by atoms with van der Waals surface area (Å²) in [6, 6.07) is 5.53. The minimum Gasteiger partial charge on any atom is -0.462 e. The van der Waals surface area contributed by atoms with Gasteiger partial charge in [0, 0.05) is 27.4 Å². The average molecular weight is 630 g/mol. The molecule has 222 valence electrons. The van der Waals surface area contributed by atoms with E-state index in [4.69, 9.17) is 4.74 Å². The highest BCUT2D eigenvalue weighted by Crippen LogP contribution is 2.70. The maximum atomic E-state index is 14.5. The first-order valence-corrected chi connectivity index (χ1v) is 16.0. The van der Waals surface area contributed by atoms with Crippen molar-refractivity contribution in [1.29, 1.82) is 0 Å². The van der Waals surface area contributed by atoms with Gasteiger partial charge >= 0.3 is 5.97 Å². The zero-order valence-corrected chi connectivity index (χ0v) is 25.5. The maximum Gasteiger partial charge on any atom is 0.316 e. The number of rotatable bonds is 3. The second-order valence-corrected chi connectivity index (χ2v) is 15.0. The monoisotopic (exact) mass is 628 g/mol. The van der Waals surface area contributed by atoms with E-state index in [-0.39, 0.29) is 42.4 Å². The highest BCUT2D eigenvalue weighted by molar-refractivity contribution is 9.10. The number of para-hydroxylation sites is 1. The topological polar surface area (TPSA) is 119 Å². The molecule has 2 aliphatic carbocycles. The van der Waals surface area contributed by atoms with Gasteiger partial charge in [-0.3, -0.25) is 14.5 Å². The molecule has 4 aliphatic heterocycles. The normalized spacial score (nSPS) is 47.0. The molecular weight excluding hydrogens is 588 g/mol. The molecule has 2 unspecified atom stereocenters. The Bertz CT molecular complexity index is 1340. The second kappa shape index (κ2) is 9.11. The number of fused-ring (bicyclic) bond motifs is 6. The summed E-state index contributed by atoms with van der Waals surface area (Å²) in [4.78, 5) is 30.7. The molecule has 8 nitrogen and oxygen atoms in total. The molecule has 1 aromatic carbocycles. The van der Waals surface area contributed by atoms with Crippen molar-refractivity contribution >= 4 is 33.5 Å². The van der Waals surface area contributed by atoms with Crippen LogP contribution in [-0.2, 0) is 19.9 Å². The van der Waals surface area contributed by atoms with Crippen LogP contribution in [0.15, 0.2) is 34.8 Å². The van der Waals surface area contributed by atoms with Gasteiger partial charge in [0.1, 0.15) is 23.7 Å². The van der Waals surface area contributed by atoms with Crippen molar-refractivity contribution in [3.05, 3.63) is 40.4 Å². The van der Waals surface area contributed by atoms with E-state index in [0.29, 0.717) is 25.8 Å². The van der Waals surface area contributed by atoms with Crippen molar-refractivity contribution in [2.75, 3.05) is 25.1 Å².